The van der Waals surface area contributed by atoms with E-state index in [1.165, 1.54) is 11.1 Å². The van der Waals surface area contributed by atoms with Gasteiger partial charge in [0.25, 0.3) is 0 Å². The van der Waals surface area contributed by atoms with Crippen molar-refractivity contribution in [2.75, 3.05) is 31.4 Å². The smallest absolute Gasteiger partial charge is 0.230 e. The van der Waals surface area contributed by atoms with E-state index in [4.69, 9.17) is 0 Å². The van der Waals surface area contributed by atoms with Gasteiger partial charge >= 0.3 is 0 Å². The number of hydrogen-bond acceptors (Lipinski definition) is 5. The number of anilines is 2. The van der Waals surface area contributed by atoms with Crippen molar-refractivity contribution in [1.82, 2.24) is 15.0 Å². The number of nitrogens with zero attached hydrogens (tertiary/aromatic N) is 4. The molecule has 0 saturated carbocycles. The van der Waals surface area contributed by atoms with E-state index >= 15 is 0 Å². The van der Waals surface area contributed by atoms with Crippen LogP contribution in [0.1, 0.15) is 11.1 Å². The summed E-state index contributed by atoms with van der Waals surface area (Å²) in [5.74, 6) is 1.93. The molecule has 0 radical (unpaired) electrons. The van der Waals surface area contributed by atoms with Crippen LogP contribution in [0.3, 0.4) is 0 Å². The SMILES string of the molecule is CNc1nc(-c2cccc(C)c2C)nc(N(C)C)n1. The van der Waals surface area contributed by atoms with Gasteiger partial charge in [-0.2, -0.15) is 15.0 Å². The van der Waals surface area contributed by atoms with Gasteiger partial charge in [0.2, 0.25) is 11.9 Å². The minimum absolute atomic E-state index is 0.578. The Morgan fingerprint density at radius 2 is 1.79 bits per heavy atom. The average Bonchev–Trinajstić information content (AvgIpc) is 2.41. The van der Waals surface area contributed by atoms with E-state index in [0.717, 1.165) is 5.56 Å². The van der Waals surface area contributed by atoms with Crippen LogP contribution in [-0.2, 0) is 0 Å². The normalized spacial score (nSPS) is 10.4. The fraction of sp³-hybridized carbons (Fsp3) is 0.357. The molecule has 0 saturated heterocycles. The minimum Gasteiger partial charge on any atom is -0.357 e. The Bertz CT molecular complexity index is 592. The monoisotopic (exact) mass is 257 g/mol. The first-order valence-electron chi connectivity index (χ1n) is 6.20. The highest BCUT2D eigenvalue weighted by Gasteiger charge is 2.11. The van der Waals surface area contributed by atoms with Crippen LogP contribution in [-0.4, -0.2) is 36.1 Å². The Hall–Kier alpha value is -2.17. The van der Waals surface area contributed by atoms with Crippen LogP contribution in [0, 0.1) is 13.8 Å². The van der Waals surface area contributed by atoms with E-state index in [1.54, 1.807) is 0 Å². The zero-order valence-electron chi connectivity index (χ0n) is 12.0. The summed E-state index contributed by atoms with van der Waals surface area (Å²) in [6, 6.07) is 6.15. The second-order valence-electron chi connectivity index (χ2n) is 4.67. The van der Waals surface area contributed by atoms with Gasteiger partial charge < -0.3 is 10.2 Å². The molecule has 0 bridgehead atoms. The molecule has 0 unspecified atom stereocenters. The Morgan fingerprint density at radius 1 is 1.05 bits per heavy atom. The molecule has 1 aromatic carbocycles. The van der Waals surface area contributed by atoms with Crippen molar-refractivity contribution in [3.63, 3.8) is 0 Å². The van der Waals surface area contributed by atoms with E-state index in [9.17, 15) is 0 Å². The summed E-state index contributed by atoms with van der Waals surface area (Å²) in [5, 5.41) is 2.98. The van der Waals surface area contributed by atoms with Gasteiger partial charge in [-0.3, -0.25) is 0 Å². The Kier molecular flexibility index (Phi) is 3.64. The first-order chi connectivity index (χ1) is 9.02. The van der Waals surface area contributed by atoms with Crippen molar-refractivity contribution in [3.05, 3.63) is 29.3 Å². The Labute approximate surface area is 113 Å². The van der Waals surface area contributed by atoms with Crippen molar-refractivity contribution in [3.8, 4) is 11.4 Å². The second kappa shape index (κ2) is 5.22. The molecule has 100 valence electrons. The van der Waals surface area contributed by atoms with Crippen LogP contribution < -0.4 is 10.2 Å². The number of benzene rings is 1. The number of aryl methyl sites for hydroxylation is 1. The molecule has 0 atom stereocenters. The molecule has 1 heterocycles. The van der Waals surface area contributed by atoms with Gasteiger partial charge in [0, 0.05) is 26.7 Å². The summed E-state index contributed by atoms with van der Waals surface area (Å²) in [6.45, 7) is 4.18. The lowest BCUT2D eigenvalue weighted by molar-refractivity contribution is 0.962. The number of aromatic nitrogens is 3. The van der Waals surface area contributed by atoms with Crippen molar-refractivity contribution >= 4 is 11.9 Å². The lowest BCUT2D eigenvalue weighted by Crippen LogP contribution is -2.15. The molecule has 0 amide bonds. The third-order valence-electron chi connectivity index (χ3n) is 3.09. The lowest BCUT2D eigenvalue weighted by Gasteiger charge is -2.14. The highest BCUT2D eigenvalue weighted by Crippen LogP contribution is 2.24. The van der Waals surface area contributed by atoms with Crippen molar-refractivity contribution < 1.29 is 0 Å². The minimum atomic E-state index is 0.578. The van der Waals surface area contributed by atoms with Crippen molar-refractivity contribution in [2.45, 2.75) is 13.8 Å². The van der Waals surface area contributed by atoms with E-state index in [1.807, 2.05) is 38.2 Å². The van der Waals surface area contributed by atoms with E-state index in [-0.39, 0.29) is 0 Å². The summed E-state index contributed by atoms with van der Waals surface area (Å²) in [5.41, 5.74) is 3.47. The van der Waals surface area contributed by atoms with Gasteiger partial charge in [-0.25, -0.2) is 0 Å². The molecule has 19 heavy (non-hydrogen) atoms. The first-order valence-corrected chi connectivity index (χ1v) is 6.20. The third kappa shape index (κ3) is 2.65. The highest BCUT2D eigenvalue weighted by molar-refractivity contribution is 5.63. The van der Waals surface area contributed by atoms with Crippen LogP contribution in [0.25, 0.3) is 11.4 Å². The molecule has 0 fully saturated rings. The Morgan fingerprint density at radius 3 is 2.42 bits per heavy atom. The molecule has 5 nitrogen and oxygen atoms in total. The zero-order valence-corrected chi connectivity index (χ0v) is 12.0. The fourth-order valence-corrected chi connectivity index (χ4v) is 1.79. The summed E-state index contributed by atoms with van der Waals surface area (Å²) in [4.78, 5) is 15.2. The van der Waals surface area contributed by atoms with Crippen LogP contribution in [0.2, 0.25) is 0 Å². The standard InChI is InChI=1S/C14H19N5/c1-9-7-6-8-11(10(9)2)12-16-13(15-3)18-14(17-12)19(4)5/h6-8H,1-5H3,(H,15,16,17,18). The molecule has 0 aliphatic heterocycles. The topological polar surface area (TPSA) is 53.9 Å². The molecule has 1 N–H and O–H groups in total. The zero-order chi connectivity index (χ0) is 14.0. The van der Waals surface area contributed by atoms with Crippen molar-refractivity contribution in [1.29, 1.82) is 0 Å². The van der Waals surface area contributed by atoms with Gasteiger partial charge in [-0.1, -0.05) is 18.2 Å². The fourth-order valence-electron chi connectivity index (χ4n) is 1.79. The summed E-state index contributed by atoms with van der Waals surface area (Å²) in [7, 11) is 5.64. The highest BCUT2D eigenvalue weighted by atomic mass is 15.3. The summed E-state index contributed by atoms with van der Waals surface area (Å²) >= 11 is 0. The summed E-state index contributed by atoms with van der Waals surface area (Å²) in [6.07, 6.45) is 0. The molecular formula is C14H19N5. The second-order valence-corrected chi connectivity index (χ2v) is 4.67. The Balaban J connectivity index is 2.61. The third-order valence-corrected chi connectivity index (χ3v) is 3.09. The quantitative estimate of drug-likeness (QED) is 0.914. The van der Waals surface area contributed by atoms with Crippen molar-refractivity contribution in [2.24, 2.45) is 0 Å². The summed E-state index contributed by atoms with van der Waals surface area (Å²) < 4.78 is 0. The maximum absolute atomic E-state index is 4.52. The molecule has 0 spiro atoms. The van der Waals surface area contributed by atoms with Crippen LogP contribution in [0.4, 0.5) is 11.9 Å². The van der Waals surface area contributed by atoms with E-state index < -0.39 is 0 Å². The van der Waals surface area contributed by atoms with Gasteiger partial charge in [0.15, 0.2) is 5.82 Å². The van der Waals surface area contributed by atoms with Crippen LogP contribution in [0.5, 0.6) is 0 Å². The van der Waals surface area contributed by atoms with Gasteiger partial charge in [0.1, 0.15) is 0 Å². The number of hydrogen-bond donors (Lipinski definition) is 1. The molecule has 1 aromatic heterocycles. The molecule has 0 aliphatic carbocycles. The maximum Gasteiger partial charge on any atom is 0.230 e. The lowest BCUT2D eigenvalue weighted by atomic mass is 10.0. The largest absolute Gasteiger partial charge is 0.357 e. The number of nitrogens with one attached hydrogen (secondary N) is 1. The predicted molar refractivity (Wildman–Crippen MR) is 78.6 cm³/mol. The van der Waals surface area contributed by atoms with E-state index in [2.05, 4.69) is 40.2 Å². The molecular weight excluding hydrogens is 238 g/mol. The molecule has 2 rings (SSSR count). The van der Waals surface area contributed by atoms with Gasteiger partial charge in [-0.05, 0) is 25.0 Å². The first kappa shape index (κ1) is 13.3. The predicted octanol–water partition coefficient (Wildman–Crippen LogP) is 2.26. The van der Waals surface area contributed by atoms with Crippen LogP contribution >= 0.6 is 0 Å². The molecule has 2 aromatic rings. The van der Waals surface area contributed by atoms with Gasteiger partial charge in [-0.15, -0.1) is 0 Å². The maximum atomic E-state index is 4.52. The molecule has 5 heteroatoms. The number of rotatable bonds is 3. The van der Waals surface area contributed by atoms with Crippen LogP contribution in [0.15, 0.2) is 18.2 Å². The van der Waals surface area contributed by atoms with E-state index in [0.29, 0.717) is 17.7 Å². The average molecular weight is 257 g/mol. The molecule has 0 aliphatic rings. The van der Waals surface area contributed by atoms with Gasteiger partial charge in [0.05, 0.1) is 0 Å².